The Labute approximate surface area is 153 Å². The fraction of sp³-hybridized carbons (Fsp3) is 0.615. The molecule has 0 bridgehead atoms. The second-order valence-corrected chi connectivity index (χ2v) is 8.23. The van der Waals surface area contributed by atoms with Crippen molar-refractivity contribution < 1.29 is 39.4 Å². The van der Waals surface area contributed by atoms with Crippen molar-refractivity contribution in [3.8, 4) is 11.5 Å². The molecule has 0 unspecified atom stereocenters. The maximum Gasteiger partial charge on any atom is 0.437 e. The molecule has 1 aliphatic carbocycles. The van der Waals surface area contributed by atoms with Crippen LogP contribution < -0.4 is 5.14 Å². The fourth-order valence-electron chi connectivity index (χ4n) is 3.73. The van der Waals surface area contributed by atoms with E-state index in [2.05, 4.69) is 19.8 Å². The molecule has 3 heterocycles. The summed E-state index contributed by atoms with van der Waals surface area (Å²) in [5.74, 6) is -5.88. The van der Waals surface area contributed by atoms with Crippen LogP contribution in [0.25, 0.3) is 11.5 Å². The highest BCUT2D eigenvalue weighted by Crippen LogP contribution is 2.75. The Balaban J connectivity index is 1.60. The highest BCUT2D eigenvalue weighted by atomic mass is 32.2. The average molecular weight is 429 g/mol. The van der Waals surface area contributed by atoms with Gasteiger partial charge in [-0.15, -0.1) is 0 Å². The van der Waals surface area contributed by atoms with Gasteiger partial charge in [0.05, 0.1) is 11.3 Å². The van der Waals surface area contributed by atoms with Gasteiger partial charge in [0.2, 0.25) is 0 Å². The summed E-state index contributed by atoms with van der Waals surface area (Å²) in [6, 6.07) is 0. The van der Waals surface area contributed by atoms with Crippen molar-refractivity contribution >= 4 is 10.2 Å². The number of nitrogens with two attached hydrogens (primary N) is 1. The van der Waals surface area contributed by atoms with Crippen LogP contribution in [0.2, 0.25) is 0 Å². The third-order valence-corrected chi connectivity index (χ3v) is 6.32. The first kappa shape index (κ1) is 19.2. The number of hydrogen-bond donors (Lipinski definition) is 1. The molecule has 15 heteroatoms. The lowest BCUT2D eigenvalue weighted by atomic mass is 9.91. The van der Waals surface area contributed by atoms with Gasteiger partial charge in [-0.1, -0.05) is 10.3 Å². The number of rotatable bonds is 3. The van der Waals surface area contributed by atoms with Crippen LogP contribution in [0.4, 0.5) is 22.0 Å². The number of hydrogen-bond acceptors (Lipinski definition) is 7. The van der Waals surface area contributed by atoms with Gasteiger partial charge in [0.1, 0.15) is 11.8 Å². The molecule has 2 aromatic heterocycles. The van der Waals surface area contributed by atoms with Crippen LogP contribution in [0.3, 0.4) is 0 Å². The van der Waals surface area contributed by atoms with Gasteiger partial charge < -0.3 is 9.05 Å². The SMILES string of the molecule is NS(=O)(=O)N1CCC2(CC1)[C@H](c1noc(-c3conc3C(F)(F)F)n1)C2(F)F. The Bertz CT molecular complexity index is 1010. The molecule has 9 nitrogen and oxygen atoms in total. The molecule has 0 amide bonds. The Hall–Kier alpha value is -2.13. The van der Waals surface area contributed by atoms with E-state index in [9.17, 15) is 30.4 Å². The molecular formula is C13H12F5N5O4S. The normalized spacial score (nSPS) is 24.6. The fourth-order valence-corrected chi connectivity index (χ4v) is 4.43. The molecule has 2 aromatic rings. The van der Waals surface area contributed by atoms with E-state index in [4.69, 9.17) is 9.66 Å². The minimum absolute atomic E-state index is 0.202. The van der Waals surface area contributed by atoms with E-state index in [1.54, 1.807) is 0 Å². The second kappa shape index (κ2) is 5.70. The van der Waals surface area contributed by atoms with Crippen LogP contribution in [0, 0.1) is 5.41 Å². The predicted octanol–water partition coefficient (Wildman–Crippen LogP) is 1.76. The Kier molecular flexibility index (Phi) is 3.91. The first-order chi connectivity index (χ1) is 12.9. The minimum atomic E-state index is -4.86. The van der Waals surface area contributed by atoms with Crippen LogP contribution in [0.1, 0.15) is 30.3 Å². The van der Waals surface area contributed by atoms with Crippen LogP contribution in [-0.4, -0.2) is 47.0 Å². The van der Waals surface area contributed by atoms with Crippen LogP contribution in [0.5, 0.6) is 0 Å². The molecule has 1 saturated heterocycles. The summed E-state index contributed by atoms with van der Waals surface area (Å²) in [7, 11) is -4.00. The van der Waals surface area contributed by atoms with Gasteiger partial charge in [-0.2, -0.15) is 30.9 Å². The molecule has 1 spiro atoms. The summed E-state index contributed by atoms with van der Waals surface area (Å²) in [4.78, 5) is 3.69. The molecule has 0 aromatic carbocycles. The molecule has 2 N–H and O–H groups in total. The van der Waals surface area contributed by atoms with Crippen molar-refractivity contribution in [3.05, 3.63) is 17.8 Å². The Morgan fingerprint density at radius 3 is 2.43 bits per heavy atom. The molecule has 1 saturated carbocycles. The van der Waals surface area contributed by atoms with E-state index in [1.165, 1.54) is 0 Å². The van der Waals surface area contributed by atoms with E-state index >= 15 is 0 Å². The Morgan fingerprint density at radius 2 is 1.86 bits per heavy atom. The number of piperidine rings is 1. The summed E-state index contributed by atoms with van der Waals surface area (Å²) in [6.45, 7) is -0.418. The zero-order chi connectivity index (χ0) is 20.5. The summed E-state index contributed by atoms with van der Waals surface area (Å²) in [6.07, 6.45) is -4.63. The lowest BCUT2D eigenvalue weighted by Crippen LogP contribution is -2.43. The van der Waals surface area contributed by atoms with Crippen molar-refractivity contribution in [2.24, 2.45) is 10.6 Å². The summed E-state index contributed by atoms with van der Waals surface area (Å²) < 4.78 is 100. The van der Waals surface area contributed by atoms with E-state index in [0.717, 1.165) is 4.31 Å². The lowest BCUT2D eigenvalue weighted by molar-refractivity contribution is -0.142. The topological polar surface area (TPSA) is 128 Å². The van der Waals surface area contributed by atoms with Crippen LogP contribution in [0.15, 0.2) is 15.3 Å². The highest BCUT2D eigenvalue weighted by molar-refractivity contribution is 7.86. The molecule has 28 heavy (non-hydrogen) atoms. The second-order valence-electron chi connectivity index (χ2n) is 6.69. The van der Waals surface area contributed by atoms with E-state index < -0.39 is 56.6 Å². The van der Waals surface area contributed by atoms with Crippen molar-refractivity contribution in [3.63, 3.8) is 0 Å². The maximum atomic E-state index is 14.5. The summed E-state index contributed by atoms with van der Waals surface area (Å²) >= 11 is 0. The van der Waals surface area contributed by atoms with Crippen LogP contribution >= 0.6 is 0 Å². The van der Waals surface area contributed by atoms with Gasteiger partial charge in [0, 0.05) is 13.1 Å². The molecular weight excluding hydrogens is 417 g/mol. The summed E-state index contributed by atoms with van der Waals surface area (Å²) in [5.41, 5.74) is -3.67. The largest absolute Gasteiger partial charge is 0.437 e. The highest BCUT2D eigenvalue weighted by Gasteiger charge is 2.82. The molecule has 154 valence electrons. The number of alkyl halides is 5. The van der Waals surface area contributed by atoms with E-state index in [-0.39, 0.29) is 25.9 Å². The summed E-state index contributed by atoms with van der Waals surface area (Å²) in [5, 5.41) is 11.2. The minimum Gasteiger partial charge on any atom is -0.363 e. The number of halogens is 5. The van der Waals surface area contributed by atoms with Gasteiger partial charge in [-0.25, -0.2) is 13.9 Å². The molecule has 1 aliphatic heterocycles. The third kappa shape index (κ3) is 2.71. The zero-order valence-electron chi connectivity index (χ0n) is 13.8. The van der Waals surface area contributed by atoms with Gasteiger partial charge in [-0.05, 0) is 12.8 Å². The van der Waals surface area contributed by atoms with Crippen molar-refractivity contribution in [2.75, 3.05) is 13.1 Å². The zero-order valence-corrected chi connectivity index (χ0v) is 14.6. The maximum absolute atomic E-state index is 14.5. The first-order valence-electron chi connectivity index (χ1n) is 7.89. The molecule has 2 aliphatic rings. The Morgan fingerprint density at radius 1 is 1.21 bits per heavy atom. The standard InChI is InChI=1S/C13H12F5N5O4S/c14-12(15)7(11(12)1-3-23(4-2-11)28(19,24)25)9-20-10(27-22-9)6-5-26-21-8(6)13(16,17)18/h5,7H,1-4H2,(H2,19,24,25)/t7-/m0/s1. The smallest absolute Gasteiger partial charge is 0.363 e. The third-order valence-electron chi connectivity index (χ3n) is 5.24. The predicted molar refractivity (Wildman–Crippen MR) is 78.8 cm³/mol. The van der Waals surface area contributed by atoms with Crippen molar-refractivity contribution in [1.82, 2.24) is 19.6 Å². The van der Waals surface area contributed by atoms with Gasteiger partial charge in [-0.3, -0.25) is 0 Å². The van der Waals surface area contributed by atoms with Crippen molar-refractivity contribution in [2.45, 2.75) is 30.9 Å². The van der Waals surface area contributed by atoms with Crippen LogP contribution in [-0.2, 0) is 16.4 Å². The van der Waals surface area contributed by atoms with E-state index in [1.807, 2.05) is 0 Å². The van der Waals surface area contributed by atoms with Gasteiger partial charge in [0.25, 0.3) is 22.0 Å². The first-order valence-corrected chi connectivity index (χ1v) is 9.39. The molecule has 0 radical (unpaired) electrons. The molecule has 1 atom stereocenters. The molecule has 2 fully saturated rings. The monoisotopic (exact) mass is 429 g/mol. The van der Waals surface area contributed by atoms with Crippen molar-refractivity contribution in [1.29, 1.82) is 0 Å². The number of aromatic nitrogens is 3. The van der Waals surface area contributed by atoms with Gasteiger partial charge >= 0.3 is 6.18 Å². The van der Waals surface area contributed by atoms with E-state index in [0.29, 0.717) is 6.26 Å². The number of nitrogens with zero attached hydrogens (tertiary/aromatic N) is 4. The molecule has 4 rings (SSSR count). The van der Waals surface area contributed by atoms with Gasteiger partial charge in [0.15, 0.2) is 11.5 Å². The quantitative estimate of drug-likeness (QED) is 0.736. The lowest BCUT2D eigenvalue weighted by Gasteiger charge is -2.30. The average Bonchev–Trinajstić information content (AvgIpc) is 3.06.